The molecule has 0 spiro atoms. The van der Waals surface area contributed by atoms with Crippen LogP contribution in [0.5, 0.6) is 0 Å². The number of nitrogens with one attached hydrogen (secondary N) is 1. The first kappa shape index (κ1) is 17.3. The number of benzene rings is 2. The first-order chi connectivity index (χ1) is 11.5. The van der Waals surface area contributed by atoms with Gasteiger partial charge in [-0.25, -0.2) is 18.1 Å². The first-order valence-corrected chi connectivity index (χ1v) is 10.3. The Hall–Kier alpha value is -1.54. The average molecular weight is 423 g/mol. The lowest BCUT2D eigenvalue weighted by Crippen LogP contribution is -2.23. The standard InChI is InChI=1S/C17H15BrN2O2S2/c1-12-16(23-17(20-12)13-5-3-2-4-6-13)11-19-24(21,22)15-9-7-14(18)8-10-15/h2-10,19H,11H2,1H3. The van der Waals surface area contributed by atoms with Crippen LogP contribution in [0, 0.1) is 6.92 Å². The molecule has 0 aliphatic rings. The Morgan fingerprint density at radius 1 is 1.08 bits per heavy atom. The predicted molar refractivity (Wildman–Crippen MR) is 100 cm³/mol. The lowest BCUT2D eigenvalue weighted by molar-refractivity contribution is 0.581. The minimum absolute atomic E-state index is 0.231. The molecule has 0 radical (unpaired) electrons. The Kier molecular flexibility index (Phi) is 5.15. The van der Waals surface area contributed by atoms with Gasteiger partial charge < -0.3 is 0 Å². The van der Waals surface area contributed by atoms with E-state index in [4.69, 9.17) is 0 Å². The summed E-state index contributed by atoms with van der Waals surface area (Å²) in [6, 6.07) is 16.4. The number of sulfonamides is 1. The number of halogens is 1. The third-order valence-electron chi connectivity index (χ3n) is 3.46. The third-order valence-corrected chi connectivity index (χ3v) is 6.61. The maximum Gasteiger partial charge on any atom is 0.240 e. The van der Waals surface area contributed by atoms with Crippen molar-refractivity contribution >= 4 is 37.3 Å². The normalized spacial score (nSPS) is 11.6. The van der Waals surface area contributed by atoms with Gasteiger partial charge in [0.05, 0.1) is 10.6 Å². The van der Waals surface area contributed by atoms with Gasteiger partial charge in [0, 0.05) is 21.5 Å². The minimum Gasteiger partial charge on any atom is -0.241 e. The predicted octanol–water partition coefficient (Wildman–Crippen LogP) is 4.36. The van der Waals surface area contributed by atoms with E-state index in [1.165, 1.54) is 11.3 Å². The van der Waals surface area contributed by atoms with Crippen LogP contribution in [-0.4, -0.2) is 13.4 Å². The van der Waals surface area contributed by atoms with Crippen molar-refractivity contribution < 1.29 is 8.42 Å². The second kappa shape index (κ2) is 7.14. The average Bonchev–Trinajstić information content (AvgIpc) is 2.95. The van der Waals surface area contributed by atoms with Gasteiger partial charge in [-0.1, -0.05) is 46.3 Å². The van der Waals surface area contributed by atoms with Crippen molar-refractivity contribution in [2.24, 2.45) is 0 Å². The minimum atomic E-state index is -3.54. The van der Waals surface area contributed by atoms with Crippen molar-refractivity contribution in [2.75, 3.05) is 0 Å². The molecule has 2 aromatic carbocycles. The largest absolute Gasteiger partial charge is 0.241 e. The number of thiazole rings is 1. The van der Waals surface area contributed by atoms with Crippen LogP contribution in [0.2, 0.25) is 0 Å². The second-order valence-corrected chi connectivity index (χ2v) is 8.94. The Labute approximate surface area is 153 Å². The smallest absolute Gasteiger partial charge is 0.240 e. The summed E-state index contributed by atoms with van der Waals surface area (Å²) in [7, 11) is -3.54. The van der Waals surface area contributed by atoms with E-state index in [1.54, 1.807) is 24.3 Å². The van der Waals surface area contributed by atoms with Gasteiger partial charge in [0.1, 0.15) is 5.01 Å². The number of aromatic nitrogens is 1. The van der Waals surface area contributed by atoms with Crippen molar-refractivity contribution in [2.45, 2.75) is 18.4 Å². The molecule has 124 valence electrons. The van der Waals surface area contributed by atoms with Gasteiger partial charge in [-0.3, -0.25) is 0 Å². The molecule has 0 fully saturated rings. The molecule has 1 heterocycles. The van der Waals surface area contributed by atoms with E-state index >= 15 is 0 Å². The van der Waals surface area contributed by atoms with Crippen LogP contribution in [0.25, 0.3) is 10.6 Å². The highest BCUT2D eigenvalue weighted by atomic mass is 79.9. The van der Waals surface area contributed by atoms with Crippen molar-refractivity contribution in [1.82, 2.24) is 9.71 Å². The summed E-state index contributed by atoms with van der Waals surface area (Å²) in [5.41, 5.74) is 1.88. The molecule has 0 atom stereocenters. The number of nitrogens with zero attached hydrogens (tertiary/aromatic N) is 1. The molecule has 1 aromatic heterocycles. The van der Waals surface area contributed by atoms with Gasteiger partial charge in [-0.05, 0) is 31.2 Å². The first-order valence-electron chi connectivity index (χ1n) is 7.23. The Bertz CT molecular complexity index is 936. The van der Waals surface area contributed by atoms with E-state index in [0.29, 0.717) is 0 Å². The molecule has 0 aliphatic heterocycles. The summed E-state index contributed by atoms with van der Waals surface area (Å²) < 4.78 is 28.2. The van der Waals surface area contributed by atoms with Crippen LogP contribution in [0.3, 0.4) is 0 Å². The molecule has 3 aromatic rings. The van der Waals surface area contributed by atoms with Gasteiger partial charge in [0.25, 0.3) is 0 Å². The fourth-order valence-electron chi connectivity index (χ4n) is 2.15. The van der Waals surface area contributed by atoms with Crippen LogP contribution in [0.1, 0.15) is 10.6 Å². The number of rotatable bonds is 5. The SMILES string of the molecule is Cc1nc(-c2ccccc2)sc1CNS(=O)(=O)c1ccc(Br)cc1. The third kappa shape index (κ3) is 3.92. The van der Waals surface area contributed by atoms with Crippen LogP contribution in [-0.2, 0) is 16.6 Å². The second-order valence-electron chi connectivity index (χ2n) is 5.17. The summed E-state index contributed by atoms with van der Waals surface area (Å²) in [5, 5.41) is 0.894. The lowest BCUT2D eigenvalue weighted by atomic mass is 10.2. The zero-order chi connectivity index (χ0) is 17.2. The fourth-order valence-corrected chi connectivity index (χ4v) is 4.51. The highest BCUT2D eigenvalue weighted by Crippen LogP contribution is 2.28. The van der Waals surface area contributed by atoms with Gasteiger partial charge in [-0.2, -0.15) is 0 Å². The molecular formula is C17H15BrN2O2S2. The number of hydrogen-bond acceptors (Lipinski definition) is 4. The quantitative estimate of drug-likeness (QED) is 0.664. The van der Waals surface area contributed by atoms with E-state index in [0.717, 1.165) is 25.6 Å². The lowest BCUT2D eigenvalue weighted by Gasteiger charge is -2.06. The van der Waals surface area contributed by atoms with E-state index in [1.807, 2.05) is 37.3 Å². The van der Waals surface area contributed by atoms with Crippen molar-refractivity contribution in [1.29, 1.82) is 0 Å². The van der Waals surface area contributed by atoms with Gasteiger partial charge in [0.15, 0.2) is 0 Å². The zero-order valence-corrected chi connectivity index (χ0v) is 16.1. The van der Waals surface area contributed by atoms with Gasteiger partial charge in [0.2, 0.25) is 10.0 Å². The molecule has 0 bridgehead atoms. The molecular weight excluding hydrogens is 408 g/mol. The molecule has 0 unspecified atom stereocenters. The summed E-state index contributed by atoms with van der Waals surface area (Å²) in [6.45, 7) is 2.13. The topological polar surface area (TPSA) is 59.1 Å². The molecule has 4 nitrogen and oxygen atoms in total. The number of hydrogen-bond donors (Lipinski definition) is 1. The van der Waals surface area contributed by atoms with Crippen LogP contribution >= 0.6 is 27.3 Å². The van der Waals surface area contributed by atoms with E-state index < -0.39 is 10.0 Å². The highest BCUT2D eigenvalue weighted by Gasteiger charge is 2.16. The van der Waals surface area contributed by atoms with E-state index in [9.17, 15) is 8.42 Å². The van der Waals surface area contributed by atoms with Crippen LogP contribution < -0.4 is 4.72 Å². The zero-order valence-electron chi connectivity index (χ0n) is 12.9. The molecule has 3 rings (SSSR count). The van der Waals surface area contributed by atoms with Gasteiger partial charge in [-0.15, -0.1) is 11.3 Å². The van der Waals surface area contributed by atoms with Crippen LogP contribution in [0.4, 0.5) is 0 Å². The number of aryl methyl sites for hydroxylation is 1. The maximum atomic E-state index is 12.4. The molecule has 0 amide bonds. The molecule has 24 heavy (non-hydrogen) atoms. The highest BCUT2D eigenvalue weighted by molar-refractivity contribution is 9.10. The summed E-state index contributed by atoms with van der Waals surface area (Å²) in [4.78, 5) is 5.70. The molecule has 1 N–H and O–H groups in total. The fraction of sp³-hybridized carbons (Fsp3) is 0.118. The molecule has 0 aliphatic carbocycles. The van der Waals surface area contributed by atoms with Gasteiger partial charge >= 0.3 is 0 Å². The van der Waals surface area contributed by atoms with Crippen molar-refractivity contribution in [3.8, 4) is 10.6 Å². The summed E-state index contributed by atoms with van der Waals surface area (Å²) >= 11 is 4.81. The maximum absolute atomic E-state index is 12.4. The molecule has 0 saturated carbocycles. The summed E-state index contributed by atoms with van der Waals surface area (Å²) in [6.07, 6.45) is 0. The van der Waals surface area contributed by atoms with E-state index in [2.05, 4.69) is 25.6 Å². The molecule has 7 heteroatoms. The molecule has 0 saturated heterocycles. The Morgan fingerprint density at radius 3 is 2.42 bits per heavy atom. The monoisotopic (exact) mass is 422 g/mol. The van der Waals surface area contributed by atoms with Crippen molar-refractivity contribution in [3.63, 3.8) is 0 Å². The summed E-state index contributed by atoms with van der Waals surface area (Å²) in [5.74, 6) is 0. The van der Waals surface area contributed by atoms with Crippen LogP contribution in [0.15, 0.2) is 64.0 Å². The van der Waals surface area contributed by atoms with E-state index in [-0.39, 0.29) is 11.4 Å². The Balaban J connectivity index is 1.77. The van der Waals surface area contributed by atoms with Crippen molar-refractivity contribution in [3.05, 3.63) is 69.6 Å². The Morgan fingerprint density at radius 2 is 1.75 bits per heavy atom.